The first-order chi connectivity index (χ1) is 9.15. The molecule has 1 saturated heterocycles. The number of benzene rings is 1. The summed E-state index contributed by atoms with van der Waals surface area (Å²) >= 11 is 0. The number of carboxylic acids is 1. The Hall–Kier alpha value is -1.55. The Labute approximate surface area is 114 Å². The van der Waals surface area contributed by atoms with Gasteiger partial charge < -0.3 is 15.7 Å². The fraction of sp³-hybridized carbons (Fsp3) is 0.533. The monoisotopic (exact) mass is 262 g/mol. The molecule has 1 aromatic rings. The number of aromatic carboxylic acids is 1. The van der Waals surface area contributed by atoms with E-state index in [1.54, 1.807) is 18.2 Å². The Morgan fingerprint density at radius 2 is 2.37 bits per heavy atom. The molecular formula is C15H22N2O2. The van der Waals surface area contributed by atoms with Crippen molar-refractivity contribution < 1.29 is 9.90 Å². The highest BCUT2D eigenvalue weighted by atomic mass is 16.4. The van der Waals surface area contributed by atoms with Crippen LogP contribution in [0.15, 0.2) is 24.3 Å². The van der Waals surface area contributed by atoms with E-state index in [0.717, 1.165) is 18.7 Å². The summed E-state index contributed by atoms with van der Waals surface area (Å²) in [5.74, 6) is -0.884. The van der Waals surface area contributed by atoms with Gasteiger partial charge in [-0.1, -0.05) is 12.5 Å². The van der Waals surface area contributed by atoms with Crippen molar-refractivity contribution in [3.63, 3.8) is 0 Å². The Kier molecular flexibility index (Phi) is 4.80. The van der Waals surface area contributed by atoms with Gasteiger partial charge in [-0.15, -0.1) is 0 Å². The van der Waals surface area contributed by atoms with E-state index in [9.17, 15) is 4.79 Å². The molecule has 2 unspecified atom stereocenters. The van der Waals surface area contributed by atoms with Gasteiger partial charge in [-0.2, -0.15) is 0 Å². The van der Waals surface area contributed by atoms with Crippen LogP contribution in [0.2, 0.25) is 0 Å². The summed E-state index contributed by atoms with van der Waals surface area (Å²) in [6.45, 7) is 3.26. The van der Waals surface area contributed by atoms with Gasteiger partial charge in [0.25, 0.3) is 0 Å². The van der Waals surface area contributed by atoms with Gasteiger partial charge in [-0.3, -0.25) is 0 Å². The van der Waals surface area contributed by atoms with Gasteiger partial charge in [0, 0.05) is 17.8 Å². The SMILES string of the molecule is CC(CC1CCCCN1)Nc1cccc(C(=O)O)c1. The molecule has 1 aromatic carbocycles. The second-order valence-corrected chi connectivity index (χ2v) is 5.31. The van der Waals surface area contributed by atoms with Crippen LogP contribution in [0.25, 0.3) is 0 Å². The zero-order valence-corrected chi connectivity index (χ0v) is 11.4. The highest BCUT2D eigenvalue weighted by molar-refractivity contribution is 5.88. The summed E-state index contributed by atoms with van der Waals surface area (Å²) in [7, 11) is 0. The molecule has 0 amide bonds. The molecule has 0 aromatic heterocycles. The van der Waals surface area contributed by atoms with Crippen molar-refractivity contribution in [3.8, 4) is 0 Å². The Bertz CT molecular complexity index is 428. The molecule has 4 nitrogen and oxygen atoms in total. The highest BCUT2D eigenvalue weighted by Gasteiger charge is 2.15. The van der Waals surface area contributed by atoms with E-state index < -0.39 is 5.97 Å². The largest absolute Gasteiger partial charge is 0.478 e. The average Bonchev–Trinajstić information content (AvgIpc) is 2.40. The van der Waals surface area contributed by atoms with Crippen molar-refractivity contribution in [1.82, 2.24) is 5.32 Å². The van der Waals surface area contributed by atoms with E-state index in [-0.39, 0.29) is 0 Å². The first-order valence-electron chi connectivity index (χ1n) is 6.98. The predicted molar refractivity (Wildman–Crippen MR) is 76.7 cm³/mol. The molecule has 19 heavy (non-hydrogen) atoms. The molecule has 1 heterocycles. The number of carboxylic acid groups (broad SMARTS) is 1. The van der Waals surface area contributed by atoms with Crippen LogP contribution in [0, 0.1) is 0 Å². The van der Waals surface area contributed by atoms with Gasteiger partial charge >= 0.3 is 5.97 Å². The number of rotatable bonds is 5. The zero-order valence-electron chi connectivity index (χ0n) is 11.4. The molecule has 0 radical (unpaired) electrons. The first kappa shape index (κ1) is 13.9. The summed E-state index contributed by atoms with van der Waals surface area (Å²) in [5.41, 5.74) is 1.20. The first-order valence-corrected chi connectivity index (χ1v) is 6.98. The maximum atomic E-state index is 10.9. The molecule has 0 aliphatic carbocycles. The lowest BCUT2D eigenvalue weighted by Gasteiger charge is -2.27. The van der Waals surface area contributed by atoms with E-state index >= 15 is 0 Å². The summed E-state index contributed by atoms with van der Waals surface area (Å²) in [5, 5.41) is 15.9. The molecule has 1 aliphatic rings. The number of piperidine rings is 1. The third kappa shape index (κ3) is 4.24. The molecule has 104 valence electrons. The van der Waals surface area contributed by atoms with E-state index in [1.807, 2.05) is 6.07 Å². The summed E-state index contributed by atoms with van der Waals surface area (Å²) in [6, 6.07) is 7.90. The quantitative estimate of drug-likeness (QED) is 0.763. The lowest BCUT2D eigenvalue weighted by atomic mass is 9.98. The predicted octanol–water partition coefficient (Wildman–Crippen LogP) is 2.72. The second kappa shape index (κ2) is 6.57. The molecular weight excluding hydrogens is 240 g/mol. The van der Waals surface area contributed by atoms with Gasteiger partial charge in [-0.25, -0.2) is 4.79 Å². The molecule has 0 spiro atoms. The lowest BCUT2D eigenvalue weighted by molar-refractivity contribution is 0.0697. The van der Waals surface area contributed by atoms with Gasteiger partial charge in [0.1, 0.15) is 0 Å². The van der Waals surface area contributed by atoms with Crippen molar-refractivity contribution in [2.75, 3.05) is 11.9 Å². The van der Waals surface area contributed by atoms with Crippen LogP contribution in [0.3, 0.4) is 0 Å². The number of carbonyl (C=O) groups is 1. The van der Waals surface area contributed by atoms with Crippen LogP contribution >= 0.6 is 0 Å². The smallest absolute Gasteiger partial charge is 0.335 e. The fourth-order valence-electron chi connectivity index (χ4n) is 2.64. The van der Waals surface area contributed by atoms with Crippen LogP contribution < -0.4 is 10.6 Å². The van der Waals surface area contributed by atoms with Gasteiger partial charge in [0.05, 0.1) is 5.56 Å². The van der Waals surface area contributed by atoms with Gasteiger partial charge in [-0.05, 0) is 50.9 Å². The van der Waals surface area contributed by atoms with Crippen LogP contribution in [0.4, 0.5) is 5.69 Å². The van der Waals surface area contributed by atoms with Gasteiger partial charge in [0.15, 0.2) is 0 Å². The van der Waals surface area contributed by atoms with Crippen molar-refractivity contribution >= 4 is 11.7 Å². The second-order valence-electron chi connectivity index (χ2n) is 5.31. The third-order valence-corrected chi connectivity index (χ3v) is 3.57. The van der Waals surface area contributed by atoms with Crippen LogP contribution in [0.1, 0.15) is 43.0 Å². The molecule has 2 rings (SSSR count). The summed E-state index contributed by atoms with van der Waals surface area (Å²) < 4.78 is 0. The van der Waals surface area contributed by atoms with Gasteiger partial charge in [0.2, 0.25) is 0 Å². The molecule has 3 N–H and O–H groups in total. The van der Waals surface area contributed by atoms with Crippen molar-refractivity contribution in [2.24, 2.45) is 0 Å². The minimum Gasteiger partial charge on any atom is -0.478 e. The molecule has 0 bridgehead atoms. The van der Waals surface area contributed by atoms with E-state index in [1.165, 1.54) is 19.3 Å². The van der Waals surface area contributed by atoms with Crippen LogP contribution in [0.5, 0.6) is 0 Å². The number of anilines is 1. The number of hydrogen-bond donors (Lipinski definition) is 3. The van der Waals surface area contributed by atoms with Crippen molar-refractivity contribution in [1.29, 1.82) is 0 Å². The van der Waals surface area contributed by atoms with E-state index in [2.05, 4.69) is 17.6 Å². The topological polar surface area (TPSA) is 61.4 Å². The van der Waals surface area contributed by atoms with Crippen LogP contribution in [-0.4, -0.2) is 29.7 Å². The van der Waals surface area contributed by atoms with E-state index in [0.29, 0.717) is 17.6 Å². The molecule has 1 fully saturated rings. The Morgan fingerprint density at radius 1 is 1.53 bits per heavy atom. The molecule has 2 atom stereocenters. The Balaban J connectivity index is 1.88. The highest BCUT2D eigenvalue weighted by Crippen LogP contribution is 2.16. The molecule has 4 heteroatoms. The normalized spacial score (nSPS) is 20.8. The summed E-state index contributed by atoms with van der Waals surface area (Å²) in [4.78, 5) is 10.9. The standard InChI is InChI=1S/C15H22N2O2/c1-11(9-13-6-2-3-8-16-13)17-14-7-4-5-12(10-14)15(18)19/h4-5,7,10-11,13,16-17H,2-3,6,8-9H2,1H3,(H,18,19). The van der Waals surface area contributed by atoms with E-state index in [4.69, 9.17) is 5.11 Å². The average molecular weight is 262 g/mol. The maximum absolute atomic E-state index is 10.9. The lowest BCUT2D eigenvalue weighted by Crippen LogP contribution is -2.37. The van der Waals surface area contributed by atoms with Crippen LogP contribution in [-0.2, 0) is 0 Å². The minimum absolute atomic E-state index is 0.327. The number of nitrogens with one attached hydrogen (secondary N) is 2. The summed E-state index contributed by atoms with van der Waals surface area (Å²) in [6.07, 6.45) is 4.89. The molecule has 0 saturated carbocycles. The minimum atomic E-state index is -0.884. The molecule has 1 aliphatic heterocycles. The third-order valence-electron chi connectivity index (χ3n) is 3.57. The Morgan fingerprint density at radius 3 is 3.05 bits per heavy atom. The number of hydrogen-bond acceptors (Lipinski definition) is 3. The fourth-order valence-corrected chi connectivity index (χ4v) is 2.64. The van der Waals surface area contributed by atoms with Crippen molar-refractivity contribution in [3.05, 3.63) is 29.8 Å². The zero-order chi connectivity index (χ0) is 13.7. The maximum Gasteiger partial charge on any atom is 0.335 e. The van der Waals surface area contributed by atoms with Crippen molar-refractivity contribution in [2.45, 2.75) is 44.7 Å².